The largest absolute Gasteiger partial charge is 0.338 e. The summed E-state index contributed by atoms with van der Waals surface area (Å²) in [5.74, 6) is 0. The fourth-order valence-corrected chi connectivity index (χ4v) is 6.37. The summed E-state index contributed by atoms with van der Waals surface area (Å²) < 4.78 is 18.8. The molecule has 1 N–H and O–H groups in total. The molecule has 2 atom stereocenters. The van der Waals surface area contributed by atoms with Gasteiger partial charge < -0.3 is 9.46 Å². The fourth-order valence-electron chi connectivity index (χ4n) is 0.236. The van der Waals surface area contributed by atoms with Gasteiger partial charge in [-0.15, -0.1) is 0 Å². The first-order valence-electron chi connectivity index (χ1n) is 2.23. The van der Waals surface area contributed by atoms with Crippen molar-refractivity contribution >= 4 is 61.0 Å². The molecule has 11 heavy (non-hydrogen) atoms. The van der Waals surface area contributed by atoms with Crippen molar-refractivity contribution in [2.45, 2.75) is 9.15 Å². The Kier molecular flexibility index (Phi) is 5.39. The van der Waals surface area contributed by atoms with Crippen LogP contribution in [-0.4, -0.2) is 14.0 Å². The highest BCUT2D eigenvalue weighted by Gasteiger charge is 2.37. The summed E-state index contributed by atoms with van der Waals surface area (Å²) in [5.41, 5.74) is 0. The molecule has 0 spiro atoms. The molecule has 0 saturated heterocycles. The van der Waals surface area contributed by atoms with E-state index in [4.69, 9.17) is 51.3 Å². The van der Waals surface area contributed by atoms with Crippen LogP contribution in [0, 0.1) is 0 Å². The maximum absolute atomic E-state index is 10.9. The predicted octanol–water partition coefficient (Wildman–Crippen LogP) is 3.25. The van der Waals surface area contributed by atoms with E-state index in [1.807, 2.05) is 0 Å². The van der Waals surface area contributed by atoms with Gasteiger partial charge in [-0.25, -0.2) is 0 Å². The predicted molar refractivity (Wildman–Crippen MR) is 49.8 cm³/mol. The smallest absolute Gasteiger partial charge is 0.287 e. The molecular weight excluding hydrogens is 276 g/mol. The molecule has 0 aromatic carbocycles. The molecule has 0 aromatic rings. The molecule has 9 heteroatoms. The first kappa shape index (κ1) is 12.6. The molecule has 3 nitrogen and oxygen atoms in total. The summed E-state index contributed by atoms with van der Waals surface area (Å²) >= 11 is 20.3. The first-order chi connectivity index (χ1) is 4.80. The Morgan fingerprint density at radius 2 is 1.64 bits per heavy atom. The number of hydrogen-bond donors (Lipinski definition) is 1. The van der Waals surface area contributed by atoms with Gasteiger partial charge in [0, 0.05) is 0 Å². The van der Waals surface area contributed by atoms with Crippen molar-refractivity contribution in [2.24, 2.45) is 0 Å². The maximum atomic E-state index is 10.9. The van der Waals surface area contributed by atoms with Gasteiger partial charge in [-0.05, 0) is 0 Å². The molecule has 0 fully saturated rings. The van der Waals surface area contributed by atoms with E-state index in [1.54, 1.807) is 0 Å². The van der Waals surface area contributed by atoms with Crippen LogP contribution >= 0.6 is 61.0 Å². The topological polar surface area (TPSA) is 54.4 Å². The van der Waals surface area contributed by atoms with E-state index in [2.05, 4.69) is 0 Å². The van der Waals surface area contributed by atoms with Gasteiger partial charge in [-0.3, -0.25) is 4.57 Å². The summed E-state index contributed by atoms with van der Waals surface area (Å²) in [5, 5.41) is 0. The van der Waals surface area contributed by atoms with Gasteiger partial charge in [0.2, 0.25) is 0 Å². The number of rotatable bonds is 3. The molecule has 0 amide bonds. The van der Waals surface area contributed by atoms with Crippen molar-refractivity contribution in [3.63, 3.8) is 0 Å². The van der Waals surface area contributed by atoms with Gasteiger partial charge in [0.05, 0.1) is 0 Å². The summed E-state index contributed by atoms with van der Waals surface area (Å²) in [6, 6.07) is 0. The molecule has 0 aromatic heterocycles. The highest BCUT2D eigenvalue weighted by atomic mass is 35.5. The summed E-state index contributed by atoms with van der Waals surface area (Å²) in [4.78, 5) is 8.89. The van der Waals surface area contributed by atoms with Crippen LogP contribution in [0.2, 0.25) is 0 Å². The van der Waals surface area contributed by atoms with Gasteiger partial charge in [0.25, 0.3) is 7.06 Å². The van der Waals surface area contributed by atoms with Crippen LogP contribution in [-0.2, 0) is 9.13 Å². The van der Waals surface area contributed by atoms with E-state index in [-0.39, 0.29) is 0 Å². The van der Waals surface area contributed by atoms with E-state index >= 15 is 0 Å². The lowest BCUT2D eigenvalue weighted by Gasteiger charge is -2.11. The third-order valence-corrected chi connectivity index (χ3v) is 10.4. The lowest BCUT2D eigenvalue weighted by Crippen LogP contribution is -1.89. The summed E-state index contributed by atoms with van der Waals surface area (Å²) in [6.07, 6.45) is 0. The van der Waals surface area contributed by atoms with Crippen molar-refractivity contribution in [3.05, 3.63) is 0 Å². The Morgan fingerprint density at radius 1 is 1.27 bits per heavy atom. The summed E-state index contributed by atoms with van der Waals surface area (Å²) in [6.45, 7) is 0. The monoisotopic (exact) mass is 278 g/mol. The van der Waals surface area contributed by atoms with Gasteiger partial charge in [0.1, 0.15) is 0 Å². The molecule has 2 unspecified atom stereocenters. The number of hydrogen-bond acceptors (Lipinski definition) is 2. The van der Waals surface area contributed by atoms with Crippen molar-refractivity contribution in [3.8, 4) is 0 Å². The fraction of sp³-hybridized carbons (Fsp3) is 1.00. The lowest BCUT2D eigenvalue weighted by molar-refractivity contribution is 0.493. The Balaban J connectivity index is 4.58. The lowest BCUT2D eigenvalue weighted by atomic mass is 11.9. The average molecular weight is 280 g/mol. The molecule has 0 saturated carbocycles. The normalized spacial score (nSPS) is 20.3. The molecule has 0 heterocycles. The summed E-state index contributed by atoms with van der Waals surface area (Å²) in [7, 11) is -7.15. The minimum absolute atomic E-state index is 1.39. The Labute approximate surface area is 84.1 Å². The average Bonchev–Trinajstić information content (AvgIpc) is 1.85. The zero-order valence-corrected chi connectivity index (χ0v) is 9.80. The van der Waals surface area contributed by atoms with E-state index in [9.17, 15) is 9.13 Å². The first-order valence-corrected chi connectivity index (χ1v) is 8.03. The van der Waals surface area contributed by atoms with E-state index in [1.165, 1.54) is 0 Å². The quantitative estimate of drug-likeness (QED) is 0.637. The minimum Gasteiger partial charge on any atom is -0.338 e. The zero-order valence-electron chi connectivity index (χ0n) is 4.88. The van der Waals surface area contributed by atoms with E-state index in [0.717, 1.165) is 0 Å². The second kappa shape index (κ2) is 4.72. The third kappa shape index (κ3) is 3.44. The minimum atomic E-state index is -4.10. The second-order valence-electron chi connectivity index (χ2n) is 1.54. The van der Waals surface area contributed by atoms with Crippen LogP contribution in [0.25, 0.3) is 0 Å². The van der Waals surface area contributed by atoms with Crippen LogP contribution in [0.4, 0.5) is 0 Å². The van der Waals surface area contributed by atoms with Gasteiger partial charge in [-0.1, -0.05) is 46.4 Å². The Hall–Kier alpha value is 1.58. The molecule has 68 valence electrons. The van der Waals surface area contributed by atoms with Crippen LogP contribution in [0.3, 0.4) is 0 Å². The molecule has 0 aliphatic rings. The molecule has 0 rings (SSSR count). The maximum Gasteiger partial charge on any atom is 0.287 e. The van der Waals surface area contributed by atoms with E-state index in [0.29, 0.717) is 0 Å². The standard InChI is InChI=1S/C2H4Cl4O3P2/c3-1(4)10(7)11(8,9)2(5)6/h1-2,10H,(H,8,9). The van der Waals surface area contributed by atoms with Crippen LogP contribution in [0.1, 0.15) is 0 Å². The molecule has 0 aliphatic heterocycles. The second-order valence-corrected chi connectivity index (χ2v) is 11.3. The van der Waals surface area contributed by atoms with Crippen LogP contribution in [0.5, 0.6) is 0 Å². The van der Waals surface area contributed by atoms with Crippen molar-refractivity contribution in [2.75, 3.05) is 0 Å². The van der Waals surface area contributed by atoms with Gasteiger partial charge >= 0.3 is 0 Å². The van der Waals surface area contributed by atoms with Gasteiger partial charge in [0.15, 0.2) is 16.6 Å². The van der Waals surface area contributed by atoms with Crippen molar-refractivity contribution in [1.82, 2.24) is 0 Å². The van der Waals surface area contributed by atoms with Gasteiger partial charge in [-0.2, -0.15) is 0 Å². The number of alkyl halides is 4. The van der Waals surface area contributed by atoms with Crippen molar-refractivity contribution in [1.29, 1.82) is 0 Å². The van der Waals surface area contributed by atoms with E-state index < -0.39 is 23.7 Å². The highest BCUT2D eigenvalue weighted by Crippen LogP contribution is 2.73. The Bertz CT molecular complexity index is 204. The molecule has 0 aliphatic carbocycles. The molecule has 0 bridgehead atoms. The Morgan fingerprint density at radius 3 is 1.73 bits per heavy atom. The van der Waals surface area contributed by atoms with Crippen LogP contribution < -0.4 is 0 Å². The van der Waals surface area contributed by atoms with Crippen molar-refractivity contribution < 1.29 is 14.0 Å². The highest BCUT2D eigenvalue weighted by molar-refractivity contribution is 8.27. The third-order valence-electron chi connectivity index (χ3n) is 0.767. The SMILES string of the molecule is O=[PH](C(Cl)Cl)P(=O)(O)C(Cl)Cl. The zero-order chi connectivity index (χ0) is 9.23. The molecular formula is C2H4Cl4O3P2. The number of halogens is 4. The van der Waals surface area contributed by atoms with Crippen LogP contribution in [0.15, 0.2) is 0 Å². The molecule has 0 radical (unpaired) electrons.